The molecule has 142 valence electrons. The molecule has 0 aliphatic rings. The van der Waals surface area contributed by atoms with Crippen LogP contribution in [0.5, 0.6) is 5.75 Å². The van der Waals surface area contributed by atoms with Gasteiger partial charge in [0.2, 0.25) is 4.96 Å². The predicted molar refractivity (Wildman–Crippen MR) is 113 cm³/mol. The molecule has 2 aromatic heterocycles. The summed E-state index contributed by atoms with van der Waals surface area (Å²) in [5.74, 6) is 1.83. The van der Waals surface area contributed by atoms with Crippen LogP contribution < -0.4 is 14.8 Å². The largest absolute Gasteiger partial charge is 0.494 e. The summed E-state index contributed by atoms with van der Waals surface area (Å²) in [5, 5.41) is 4.40. The Hall–Kier alpha value is -2.99. The average Bonchev–Trinajstić information content (AvgIpc) is 3.23. The van der Waals surface area contributed by atoms with Gasteiger partial charge in [0.25, 0.3) is 5.56 Å². The molecule has 5 nitrogen and oxygen atoms in total. The summed E-state index contributed by atoms with van der Waals surface area (Å²) in [6.07, 6.45) is 1.89. The highest BCUT2D eigenvalue weighted by molar-refractivity contribution is 7.15. The molecule has 0 fully saturated rings. The van der Waals surface area contributed by atoms with Crippen molar-refractivity contribution in [1.82, 2.24) is 14.6 Å². The van der Waals surface area contributed by atoms with Crippen LogP contribution in [-0.2, 0) is 0 Å². The van der Waals surface area contributed by atoms with E-state index in [0.717, 1.165) is 16.9 Å². The minimum atomic E-state index is -0.141. The third-order valence-electron chi connectivity index (χ3n) is 4.51. The van der Waals surface area contributed by atoms with E-state index in [1.807, 2.05) is 49.4 Å². The fourth-order valence-electron chi connectivity index (χ4n) is 2.95. The van der Waals surface area contributed by atoms with Crippen LogP contribution in [-0.4, -0.2) is 21.2 Å². The average molecular weight is 391 g/mol. The van der Waals surface area contributed by atoms with Gasteiger partial charge in [0, 0.05) is 5.56 Å². The van der Waals surface area contributed by atoms with E-state index in [2.05, 4.69) is 36.1 Å². The highest BCUT2D eigenvalue weighted by Crippen LogP contribution is 2.20. The van der Waals surface area contributed by atoms with Crippen molar-refractivity contribution >= 4 is 22.4 Å². The van der Waals surface area contributed by atoms with E-state index < -0.39 is 0 Å². The van der Waals surface area contributed by atoms with Crippen LogP contribution in [0.4, 0.5) is 0 Å². The van der Waals surface area contributed by atoms with E-state index in [0.29, 0.717) is 27.8 Å². The van der Waals surface area contributed by atoms with Gasteiger partial charge in [0.15, 0.2) is 5.82 Å². The lowest BCUT2D eigenvalue weighted by Gasteiger charge is -2.04. The summed E-state index contributed by atoms with van der Waals surface area (Å²) in [6, 6.07) is 15.8. The maximum atomic E-state index is 12.7. The standard InChI is InChI=1S/C22H21N3O2S/c1-4-27-18-11-9-17(10-12-18)20-23-22-25(24-20)21(26)19(28-22)13-15-5-7-16(8-6-15)14(2)3/h5-14H,4H2,1-3H3/b19-13-. The first-order valence-electron chi connectivity index (χ1n) is 9.29. The number of rotatable bonds is 5. The summed E-state index contributed by atoms with van der Waals surface area (Å²) < 4.78 is 7.46. The van der Waals surface area contributed by atoms with Gasteiger partial charge >= 0.3 is 0 Å². The molecule has 0 saturated heterocycles. The van der Waals surface area contributed by atoms with Crippen molar-refractivity contribution in [3.63, 3.8) is 0 Å². The number of thiazole rings is 1. The molecule has 0 bridgehead atoms. The monoisotopic (exact) mass is 391 g/mol. The first kappa shape index (κ1) is 18.4. The summed E-state index contributed by atoms with van der Waals surface area (Å²) >= 11 is 1.35. The van der Waals surface area contributed by atoms with Gasteiger partial charge in [-0.15, -0.1) is 5.10 Å². The Balaban J connectivity index is 1.67. The molecule has 0 atom stereocenters. The van der Waals surface area contributed by atoms with E-state index in [1.54, 1.807) is 0 Å². The molecular weight excluding hydrogens is 370 g/mol. The van der Waals surface area contributed by atoms with Gasteiger partial charge in [-0.05, 0) is 54.3 Å². The second-order valence-corrected chi connectivity index (χ2v) is 7.83. The molecule has 0 N–H and O–H groups in total. The van der Waals surface area contributed by atoms with Gasteiger partial charge < -0.3 is 4.74 Å². The number of benzene rings is 2. The Morgan fingerprint density at radius 3 is 2.43 bits per heavy atom. The van der Waals surface area contributed by atoms with Gasteiger partial charge in [0.05, 0.1) is 11.1 Å². The van der Waals surface area contributed by atoms with Crippen molar-refractivity contribution in [2.45, 2.75) is 26.7 Å². The lowest BCUT2D eigenvalue weighted by atomic mass is 10.0. The lowest BCUT2D eigenvalue weighted by molar-refractivity contribution is 0.340. The molecule has 0 unspecified atom stereocenters. The second kappa shape index (κ2) is 7.56. The van der Waals surface area contributed by atoms with Gasteiger partial charge in [-0.25, -0.2) is 0 Å². The van der Waals surface area contributed by atoms with Gasteiger partial charge in [0.1, 0.15) is 5.75 Å². The van der Waals surface area contributed by atoms with Crippen LogP contribution in [0.2, 0.25) is 0 Å². The SMILES string of the molecule is CCOc1ccc(-c2nc3s/c(=C\c4ccc(C(C)C)cc4)c(=O)n3n2)cc1. The molecule has 6 heteroatoms. The molecule has 0 amide bonds. The highest BCUT2D eigenvalue weighted by atomic mass is 32.1. The Kier molecular flexibility index (Phi) is 4.96. The molecule has 28 heavy (non-hydrogen) atoms. The highest BCUT2D eigenvalue weighted by Gasteiger charge is 2.12. The molecule has 0 spiro atoms. The fourth-order valence-corrected chi connectivity index (χ4v) is 3.86. The zero-order valence-electron chi connectivity index (χ0n) is 16.0. The molecule has 2 heterocycles. The molecule has 0 aliphatic carbocycles. The second-order valence-electron chi connectivity index (χ2n) is 6.82. The third kappa shape index (κ3) is 3.55. The van der Waals surface area contributed by atoms with Crippen molar-refractivity contribution in [2.24, 2.45) is 0 Å². The molecule has 0 aliphatic heterocycles. The summed E-state index contributed by atoms with van der Waals surface area (Å²) in [5.41, 5.74) is 2.99. The summed E-state index contributed by atoms with van der Waals surface area (Å²) in [4.78, 5) is 17.8. The van der Waals surface area contributed by atoms with E-state index >= 15 is 0 Å². The van der Waals surface area contributed by atoms with Gasteiger partial charge in [-0.2, -0.15) is 9.50 Å². The van der Waals surface area contributed by atoms with Crippen LogP contribution in [0.1, 0.15) is 37.8 Å². The Morgan fingerprint density at radius 1 is 1.11 bits per heavy atom. The Labute approximate surface area is 166 Å². The number of ether oxygens (including phenoxy) is 1. The normalized spacial score (nSPS) is 12.2. The first-order chi connectivity index (χ1) is 13.5. The third-order valence-corrected chi connectivity index (χ3v) is 5.47. The van der Waals surface area contributed by atoms with E-state index in [9.17, 15) is 4.79 Å². The zero-order valence-corrected chi connectivity index (χ0v) is 16.9. The zero-order chi connectivity index (χ0) is 19.7. The van der Waals surface area contributed by atoms with Crippen molar-refractivity contribution < 1.29 is 4.74 Å². The predicted octanol–water partition coefficient (Wildman–Crippen LogP) is 3.89. The number of hydrogen-bond donors (Lipinski definition) is 0. The molecule has 0 radical (unpaired) electrons. The molecule has 4 rings (SSSR count). The minimum Gasteiger partial charge on any atom is -0.494 e. The van der Waals surface area contributed by atoms with Crippen molar-refractivity contribution in [3.05, 3.63) is 74.5 Å². The number of aromatic nitrogens is 3. The van der Waals surface area contributed by atoms with Crippen LogP contribution in [0.15, 0.2) is 53.3 Å². The molecule has 2 aromatic carbocycles. The molecular formula is C22H21N3O2S. The summed E-state index contributed by atoms with van der Waals surface area (Å²) in [7, 11) is 0. The quantitative estimate of drug-likeness (QED) is 0.518. The first-order valence-corrected chi connectivity index (χ1v) is 10.1. The Bertz CT molecular complexity index is 1210. The smallest absolute Gasteiger partial charge is 0.291 e. The van der Waals surface area contributed by atoms with Gasteiger partial charge in [-0.1, -0.05) is 49.4 Å². The van der Waals surface area contributed by atoms with Crippen LogP contribution in [0, 0.1) is 0 Å². The minimum absolute atomic E-state index is 0.141. The topological polar surface area (TPSA) is 56.5 Å². The maximum absolute atomic E-state index is 12.7. The van der Waals surface area contributed by atoms with Gasteiger partial charge in [-0.3, -0.25) is 4.79 Å². The number of nitrogens with zero attached hydrogens (tertiary/aromatic N) is 3. The van der Waals surface area contributed by atoms with Crippen LogP contribution in [0.3, 0.4) is 0 Å². The number of hydrogen-bond acceptors (Lipinski definition) is 5. The van der Waals surface area contributed by atoms with E-state index in [1.165, 1.54) is 21.4 Å². The fraction of sp³-hybridized carbons (Fsp3) is 0.227. The van der Waals surface area contributed by atoms with E-state index in [4.69, 9.17) is 4.74 Å². The number of fused-ring (bicyclic) bond motifs is 1. The van der Waals surface area contributed by atoms with Crippen LogP contribution >= 0.6 is 11.3 Å². The van der Waals surface area contributed by atoms with Crippen molar-refractivity contribution in [2.75, 3.05) is 6.61 Å². The lowest BCUT2D eigenvalue weighted by Crippen LogP contribution is -2.23. The molecule has 0 saturated carbocycles. The van der Waals surface area contributed by atoms with E-state index in [-0.39, 0.29) is 5.56 Å². The van der Waals surface area contributed by atoms with Crippen LogP contribution in [0.25, 0.3) is 22.4 Å². The molecule has 4 aromatic rings. The van der Waals surface area contributed by atoms with Crippen molar-refractivity contribution in [3.8, 4) is 17.1 Å². The maximum Gasteiger partial charge on any atom is 0.291 e. The van der Waals surface area contributed by atoms with Crippen molar-refractivity contribution in [1.29, 1.82) is 0 Å². The Morgan fingerprint density at radius 2 is 1.82 bits per heavy atom. The summed E-state index contributed by atoms with van der Waals surface area (Å²) in [6.45, 7) is 6.89.